The van der Waals surface area contributed by atoms with Gasteiger partial charge in [-0.05, 0) is 74.1 Å². The summed E-state index contributed by atoms with van der Waals surface area (Å²) in [5, 5.41) is 2.97. The van der Waals surface area contributed by atoms with Crippen LogP contribution in [0, 0.1) is 18.8 Å². The van der Waals surface area contributed by atoms with Crippen LogP contribution in [0.1, 0.15) is 29.2 Å². The van der Waals surface area contributed by atoms with Crippen LogP contribution in [0.25, 0.3) is 0 Å². The van der Waals surface area contributed by atoms with E-state index in [1.807, 2.05) is 50.2 Å². The third-order valence-corrected chi connectivity index (χ3v) is 4.84. The Morgan fingerprint density at radius 3 is 2.34 bits per heavy atom. The van der Waals surface area contributed by atoms with E-state index >= 15 is 0 Å². The van der Waals surface area contributed by atoms with Crippen molar-refractivity contribution in [2.75, 3.05) is 33.5 Å². The molecule has 1 atom stereocenters. The Hall–Kier alpha value is -2.44. The molecule has 0 fully saturated rings. The minimum Gasteiger partial charge on any atom is -0.453 e. The van der Waals surface area contributed by atoms with Gasteiger partial charge in [0.25, 0.3) is 6.29 Å². The minimum absolute atomic E-state index is 0.101. The van der Waals surface area contributed by atoms with E-state index in [4.69, 9.17) is 18.9 Å². The van der Waals surface area contributed by atoms with Gasteiger partial charge in [-0.25, -0.2) is 0 Å². The van der Waals surface area contributed by atoms with E-state index in [0.717, 1.165) is 29.5 Å². The van der Waals surface area contributed by atoms with Crippen molar-refractivity contribution in [3.63, 3.8) is 0 Å². The van der Waals surface area contributed by atoms with Crippen molar-refractivity contribution in [1.82, 2.24) is 0 Å². The van der Waals surface area contributed by atoms with Crippen LogP contribution < -0.4 is 9.47 Å². The number of methoxy groups -OCH3 is 1. The average molecular weight is 402 g/mol. The molecule has 2 aromatic carbocycles. The summed E-state index contributed by atoms with van der Waals surface area (Å²) in [6.07, 6.45) is 0.900. The molecule has 29 heavy (non-hydrogen) atoms. The zero-order valence-electron chi connectivity index (χ0n) is 17.8. The van der Waals surface area contributed by atoms with Gasteiger partial charge in [-0.2, -0.15) is 4.91 Å². The molecule has 0 aliphatic heterocycles. The lowest BCUT2D eigenvalue weighted by molar-refractivity contribution is 0.0134. The fourth-order valence-electron chi connectivity index (χ4n) is 2.98. The van der Waals surface area contributed by atoms with E-state index in [0.29, 0.717) is 31.3 Å². The molecule has 0 heterocycles. The quantitative estimate of drug-likeness (QED) is 0.278. The van der Waals surface area contributed by atoms with E-state index in [2.05, 4.69) is 12.1 Å². The van der Waals surface area contributed by atoms with Crippen LogP contribution >= 0.6 is 0 Å². The highest BCUT2D eigenvalue weighted by atomic mass is 16.7. The normalized spacial score (nSPS) is 11.9. The standard InChI is InChI=1S/C23H31NO5/c1-5-27-15-12-19-6-9-21(10-7-19)28-23(16-24-25)29-22-11-8-20(13-14-26-4)17(2)18(22)3/h6-11,23H,5,12-16H2,1-4H3. The molecule has 0 aliphatic carbocycles. The van der Waals surface area contributed by atoms with Gasteiger partial charge >= 0.3 is 0 Å². The van der Waals surface area contributed by atoms with Crippen LogP contribution in [-0.4, -0.2) is 39.8 Å². The number of benzene rings is 2. The maximum absolute atomic E-state index is 10.9. The SMILES string of the molecule is CCOCCc1ccc(OC(CN=O)Oc2ccc(CCOC)c(C)c2C)cc1. The summed E-state index contributed by atoms with van der Waals surface area (Å²) in [6, 6.07) is 11.6. The van der Waals surface area contributed by atoms with Crippen LogP contribution in [-0.2, 0) is 22.3 Å². The molecular weight excluding hydrogens is 370 g/mol. The van der Waals surface area contributed by atoms with Crippen molar-refractivity contribution >= 4 is 0 Å². The Labute approximate surface area is 173 Å². The summed E-state index contributed by atoms with van der Waals surface area (Å²) in [5.41, 5.74) is 4.54. The molecule has 0 saturated carbocycles. The molecule has 0 amide bonds. The molecule has 2 rings (SSSR count). The lowest BCUT2D eigenvalue weighted by Crippen LogP contribution is -2.27. The molecule has 0 spiro atoms. The highest BCUT2D eigenvalue weighted by Gasteiger charge is 2.16. The van der Waals surface area contributed by atoms with E-state index < -0.39 is 6.29 Å². The van der Waals surface area contributed by atoms with Crippen molar-refractivity contribution < 1.29 is 18.9 Å². The van der Waals surface area contributed by atoms with Crippen molar-refractivity contribution in [3.8, 4) is 11.5 Å². The van der Waals surface area contributed by atoms with Crippen LogP contribution in [0.15, 0.2) is 41.6 Å². The molecule has 0 radical (unpaired) electrons. The smallest absolute Gasteiger partial charge is 0.263 e. The summed E-state index contributed by atoms with van der Waals surface area (Å²) in [6.45, 7) is 8.01. The maximum Gasteiger partial charge on any atom is 0.263 e. The number of nitroso groups, excluding NO2 is 1. The molecule has 6 nitrogen and oxygen atoms in total. The van der Waals surface area contributed by atoms with Crippen LogP contribution in [0.5, 0.6) is 11.5 Å². The summed E-state index contributed by atoms with van der Waals surface area (Å²) in [7, 11) is 1.69. The van der Waals surface area contributed by atoms with Gasteiger partial charge in [0.05, 0.1) is 13.2 Å². The third-order valence-electron chi connectivity index (χ3n) is 4.84. The molecule has 0 aromatic heterocycles. The first-order valence-corrected chi connectivity index (χ1v) is 9.96. The number of hydrogen-bond donors (Lipinski definition) is 0. The largest absolute Gasteiger partial charge is 0.453 e. The monoisotopic (exact) mass is 401 g/mol. The highest BCUT2D eigenvalue weighted by Crippen LogP contribution is 2.26. The minimum atomic E-state index is -0.787. The van der Waals surface area contributed by atoms with Crippen LogP contribution in [0.2, 0.25) is 0 Å². The second-order valence-electron chi connectivity index (χ2n) is 6.78. The summed E-state index contributed by atoms with van der Waals surface area (Å²) >= 11 is 0. The number of nitrogens with zero attached hydrogens (tertiary/aromatic N) is 1. The maximum atomic E-state index is 10.9. The molecule has 0 aliphatic rings. The molecule has 6 heteroatoms. The van der Waals surface area contributed by atoms with E-state index in [1.165, 1.54) is 5.56 Å². The summed E-state index contributed by atoms with van der Waals surface area (Å²) in [5.74, 6) is 1.32. The lowest BCUT2D eigenvalue weighted by Gasteiger charge is -2.21. The Morgan fingerprint density at radius 1 is 0.931 bits per heavy atom. The van der Waals surface area contributed by atoms with Gasteiger partial charge in [-0.1, -0.05) is 23.4 Å². The van der Waals surface area contributed by atoms with E-state index in [-0.39, 0.29) is 6.54 Å². The predicted octanol–water partition coefficient (Wildman–Crippen LogP) is 4.62. The molecule has 0 N–H and O–H groups in total. The van der Waals surface area contributed by atoms with Gasteiger partial charge in [0, 0.05) is 13.7 Å². The topological polar surface area (TPSA) is 66.4 Å². The Bertz CT molecular complexity index is 761. The zero-order valence-corrected chi connectivity index (χ0v) is 17.8. The zero-order chi connectivity index (χ0) is 21.1. The van der Waals surface area contributed by atoms with Crippen molar-refractivity contribution in [3.05, 3.63) is 63.6 Å². The third kappa shape index (κ3) is 7.15. The van der Waals surface area contributed by atoms with Gasteiger partial charge in [0.1, 0.15) is 11.5 Å². The van der Waals surface area contributed by atoms with Gasteiger partial charge in [-0.3, -0.25) is 0 Å². The predicted molar refractivity (Wildman–Crippen MR) is 114 cm³/mol. The van der Waals surface area contributed by atoms with Gasteiger partial charge in [0.2, 0.25) is 0 Å². The average Bonchev–Trinajstić information content (AvgIpc) is 2.72. The molecule has 2 aromatic rings. The van der Waals surface area contributed by atoms with Crippen LogP contribution in [0.3, 0.4) is 0 Å². The highest BCUT2D eigenvalue weighted by molar-refractivity contribution is 5.43. The number of hydrogen-bond acceptors (Lipinski definition) is 6. The van der Waals surface area contributed by atoms with Gasteiger partial charge < -0.3 is 18.9 Å². The first-order valence-electron chi connectivity index (χ1n) is 9.96. The van der Waals surface area contributed by atoms with Gasteiger partial charge in [0.15, 0.2) is 6.54 Å². The Morgan fingerprint density at radius 2 is 1.69 bits per heavy atom. The molecule has 158 valence electrons. The second-order valence-corrected chi connectivity index (χ2v) is 6.78. The first-order chi connectivity index (χ1) is 14.1. The molecular formula is C23H31NO5. The Balaban J connectivity index is 2.04. The number of ether oxygens (including phenoxy) is 4. The fourth-order valence-corrected chi connectivity index (χ4v) is 2.98. The molecule has 0 saturated heterocycles. The van der Waals surface area contributed by atoms with Crippen LogP contribution in [0.4, 0.5) is 0 Å². The fraction of sp³-hybridized carbons (Fsp3) is 0.478. The Kier molecular flexibility index (Phi) is 9.60. The summed E-state index contributed by atoms with van der Waals surface area (Å²) in [4.78, 5) is 10.9. The summed E-state index contributed by atoms with van der Waals surface area (Å²) < 4.78 is 22.4. The second kappa shape index (κ2) is 12.2. The van der Waals surface area contributed by atoms with E-state index in [9.17, 15) is 4.91 Å². The lowest BCUT2D eigenvalue weighted by atomic mass is 10.0. The van der Waals surface area contributed by atoms with E-state index in [1.54, 1.807) is 7.11 Å². The van der Waals surface area contributed by atoms with Crippen molar-refractivity contribution in [1.29, 1.82) is 0 Å². The molecule has 1 unspecified atom stereocenters. The van der Waals surface area contributed by atoms with Crippen molar-refractivity contribution in [2.24, 2.45) is 5.18 Å². The van der Waals surface area contributed by atoms with Gasteiger partial charge in [-0.15, -0.1) is 0 Å². The molecule has 0 bridgehead atoms. The first kappa shape index (κ1) is 22.8. The van der Waals surface area contributed by atoms with Crippen molar-refractivity contribution in [2.45, 2.75) is 39.9 Å². The number of rotatable bonds is 13.